The van der Waals surface area contributed by atoms with Gasteiger partial charge in [-0.3, -0.25) is 14.9 Å². The summed E-state index contributed by atoms with van der Waals surface area (Å²) in [6.45, 7) is 3.86. The fraction of sp³-hybridized carbons (Fsp3) is 0.263. The summed E-state index contributed by atoms with van der Waals surface area (Å²) in [5.74, 6) is -0.735. The second kappa shape index (κ2) is 7.06. The first-order chi connectivity index (χ1) is 13.6. The third-order valence-corrected chi connectivity index (χ3v) is 5.23. The second-order valence-corrected chi connectivity index (χ2v) is 6.58. The molecule has 10 heteroatoms. The quantitative estimate of drug-likeness (QED) is 0.354. The number of hydrazone groups is 1. The topological polar surface area (TPSA) is 137 Å². The van der Waals surface area contributed by atoms with E-state index in [1.54, 1.807) is 17.9 Å². The minimum atomic E-state index is -1.75. The fourth-order valence-electron chi connectivity index (χ4n) is 3.98. The molecule has 1 atom stereocenters. The molecule has 10 nitrogen and oxygen atoms in total. The first kappa shape index (κ1) is 20.1. The summed E-state index contributed by atoms with van der Waals surface area (Å²) >= 11 is 0. The van der Waals surface area contributed by atoms with Crippen molar-refractivity contribution in [2.75, 3.05) is 14.2 Å². The largest absolute Gasteiger partial charge is 0.357 e. The van der Waals surface area contributed by atoms with E-state index in [4.69, 9.17) is 20.1 Å². The van der Waals surface area contributed by atoms with Crippen LogP contribution in [0.15, 0.2) is 35.4 Å². The number of carbonyl (C=O) groups is 2. The zero-order valence-electron chi connectivity index (χ0n) is 16.2. The number of hydrogen-bond acceptors (Lipinski definition) is 7. The van der Waals surface area contributed by atoms with Gasteiger partial charge in [-0.1, -0.05) is 28.9 Å². The highest BCUT2D eigenvalue weighted by Crippen LogP contribution is 2.40. The number of nitrogens with one attached hydrogen (secondary N) is 1. The molecular formula is C19H18N4O6. The van der Waals surface area contributed by atoms with Gasteiger partial charge in [0.15, 0.2) is 7.05 Å². The van der Waals surface area contributed by atoms with Gasteiger partial charge in [-0.25, -0.2) is 0 Å². The maximum Gasteiger partial charge on any atom is 0.259 e. The van der Waals surface area contributed by atoms with Crippen LogP contribution >= 0.6 is 0 Å². The molecule has 2 aromatic carbocycles. The smallest absolute Gasteiger partial charge is 0.259 e. The van der Waals surface area contributed by atoms with Crippen molar-refractivity contribution in [3.05, 3.63) is 62.3 Å². The van der Waals surface area contributed by atoms with Crippen molar-refractivity contribution in [2.45, 2.75) is 19.4 Å². The number of amides is 2. The molecule has 29 heavy (non-hydrogen) atoms. The summed E-state index contributed by atoms with van der Waals surface area (Å²) in [6, 6.07) is 9.35. The number of carbonyl (C=O) groups excluding carboxylic acids is 2. The van der Waals surface area contributed by atoms with Gasteiger partial charge in [0, 0.05) is 19.6 Å². The van der Waals surface area contributed by atoms with E-state index in [-0.39, 0.29) is 11.8 Å². The highest BCUT2D eigenvalue weighted by molar-refractivity contribution is 6.28. The second-order valence-electron chi connectivity index (χ2n) is 6.58. The van der Waals surface area contributed by atoms with Gasteiger partial charge in [-0.05, 0) is 28.9 Å². The molecule has 1 unspecified atom stereocenters. The molecule has 0 radical (unpaired) electrons. The average molecular weight is 398 g/mol. The zero-order chi connectivity index (χ0) is 21.5. The lowest BCUT2D eigenvalue weighted by molar-refractivity contribution is -0.501. The summed E-state index contributed by atoms with van der Waals surface area (Å²) in [7, 11) is 3.50. The lowest BCUT2D eigenvalue weighted by Gasteiger charge is -2.27. The van der Waals surface area contributed by atoms with Crippen LogP contribution in [0.1, 0.15) is 40.1 Å². The van der Waals surface area contributed by atoms with Gasteiger partial charge in [0.2, 0.25) is 11.3 Å². The maximum atomic E-state index is 12.3. The average Bonchev–Trinajstić information content (AvgIpc) is 3.07. The van der Waals surface area contributed by atoms with Crippen LogP contribution in [-0.2, 0) is 10.3 Å². The number of nitrogens with zero attached hydrogens (tertiary/aromatic N) is 3. The molecule has 0 bridgehead atoms. The molecule has 2 amide bonds. The minimum absolute atomic E-state index is 0.358. The molecule has 0 fully saturated rings. The third kappa shape index (κ3) is 2.93. The van der Waals surface area contributed by atoms with Gasteiger partial charge >= 0.3 is 0 Å². The molecule has 2 aliphatic rings. The van der Waals surface area contributed by atoms with Crippen molar-refractivity contribution >= 4 is 34.0 Å². The number of methoxy groups -OCH3 is 1. The predicted molar refractivity (Wildman–Crippen MR) is 105 cm³/mol. The Kier molecular flexibility index (Phi) is 4.89. The van der Waals surface area contributed by atoms with Crippen LogP contribution in [0.5, 0.6) is 0 Å². The molecular weight excluding hydrogens is 380 g/mol. The fourth-order valence-corrected chi connectivity index (χ4v) is 3.98. The number of benzene rings is 2. The molecule has 4 rings (SSSR count). The highest BCUT2D eigenvalue weighted by atomic mass is 16.9. The van der Waals surface area contributed by atoms with E-state index < -0.39 is 10.7 Å². The molecule has 0 spiro atoms. The first-order valence-corrected chi connectivity index (χ1v) is 8.57. The van der Waals surface area contributed by atoms with Gasteiger partial charge in [0.1, 0.15) is 5.71 Å². The summed E-state index contributed by atoms with van der Waals surface area (Å²) in [4.78, 5) is 32.8. The summed E-state index contributed by atoms with van der Waals surface area (Å²) in [5.41, 5.74) is 2.44. The molecule has 0 aliphatic carbocycles. The Morgan fingerprint density at radius 3 is 2.24 bits per heavy atom. The van der Waals surface area contributed by atoms with Crippen molar-refractivity contribution in [3.8, 4) is 0 Å². The number of rotatable bonds is 2. The lowest BCUT2D eigenvalue weighted by atomic mass is 9.80. The summed E-state index contributed by atoms with van der Waals surface area (Å²) in [5, 5.41) is 23.3. The van der Waals surface area contributed by atoms with Gasteiger partial charge < -0.3 is 20.1 Å². The van der Waals surface area contributed by atoms with Crippen LogP contribution in [-0.4, -0.2) is 47.2 Å². The summed E-state index contributed by atoms with van der Waals surface area (Å²) < 4.78 is 7.77. The van der Waals surface area contributed by atoms with E-state index in [0.717, 1.165) is 27.8 Å². The molecule has 0 saturated carbocycles. The van der Waals surface area contributed by atoms with E-state index in [9.17, 15) is 9.59 Å². The van der Waals surface area contributed by atoms with Crippen molar-refractivity contribution in [3.63, 3.8) is 0 Å². The van der Waals surface area contributed by atoms with Crippen molar-refractivity contribution < 1.29 is 24.1 Å². The zero-order valence-corrected chi connectivity index (χ0v) is 16.2. The van der Waals surface area contributed by atoms with Crippen molar-refractivity contribution in [2.24, 2.45) is 5.10 Å². The van der Waals surface area contributed by atoms with E-state index >= 15 is 0 Å². The maximum absolute atomic E-state index is 12.3. The Labute approximate surface area is 165 Å². The van der Waals surface area contributed by atoms with Gasteiger partial charge in [-0.15, -0.1) is 0 Å². The normalized spacial score (nSPS) is 20.2. The van der Waals surface area contributed by atoms with Crippen LogP contribution in [0.25, 0.3) is 10.8 Å². The van der Waals surface area contributed by atoms with E-state index in [0.29, 0.717) is 11.1 Å². The Balaban J connectivity index is 0.000000552. The monoisotopic (exact) mass is 398 g/mol. The van der Waals surface area contributed by atoms with Gasteiger partial charge in [0.25, 0.3) is 11.8 Å². The molecule has 2 aliphatic heterocycles. The van der Waals surface area contributed by atoms with Crippen LogP contribution in [0.4, 0.5) is 0 Å². The standard InChI is InChI=1S/C19H17N3O3.NO3/c1-10-19(25-4,11(2)22(3)21-10)15-9-14-16(18(24)20-17(14)23)13-8-6-5-7-12(13)15;2-1(3)4/h5-9H,1-4H3;/q;-1/p+1. The number of imide groups is 1. The van der Waals surface area contributed by atoms with Crippen LogP contribution in [0.2, 0.25) is 0 Å². The van der Waals surface area contributed by atoms with Gasteiger partial charge in [0.05, 0.1) is 16.2 Å². The lowest BCUT2D eigenvalue weighted by Crippen LogP contribution is -2.42. The van der Waals surface area contributed by atoms with Crippen LogP contribution in [0, 0.1) is 15.3 Å². The molecule has 0 aromatic heterocycles. The molecule has 0 saturated heterocycles. The SMILES string of the molecule is COC1(c2cc3c(c4ccccc24)C(=O)NC3=O)C(C)=N[N+](C)=C1C.O=[N+]([O-])[O-]. The third-order valence-electron chi connectivity index (χ3n) is 5.23. The van der Waals surface area contributed by atoms with E-state index in [1.165, 1.54) is 0 Å². The Bertz CT molecular complexity index is 1130. The van der Waals surface area contributed by atoms with Gasteiger partial charge in [-0.2, -0.15) is 0 Å². The highest BCUT2D eigenvalue weighted by Gasteiger charge is 2.51. The van der Waals surface area contributed by atoms with Crippen molar-refractivity contribution in [1.82, 2.24) is 5.32 Å². The number of fused-ring (bicyclic) bond motifs is 3. The minimum Gasteiger partial charge on any atom is -0.357 e. The van der Waals surface area contributed by atoms with E-state index in [1.807, 2.05) is 45.2 Å². The predicted octanol–water partition coefficient (Wildman–Crippen LogP) is 1.82. The molecule has 1 N–H and O–H groups in total. The number of ether oxygens (including phenoxy) is 1. The first-order valence-electron chi connectivity index (χ1n) is 8.57. The van der Waals surface area contributed by atoms with Crippen LogP contribution < -0.4 is 5.32 Å². The summed E-state index contributed by atoms with van der Waals surface area (Å²) in [6.07, 6.45) is 0. The Morgan fingerprint density at radius 1 is 1.14 bits per heavy atom. The molecule has 2 heterocycles. The van der Waals surface area contributed by atoms with Crippen molar-refractivity contribution in [1.29, 1.82) is 0 Å². The number of hydrogen-bond donors (Lipinski definition) is 1. The molecule has 150 valence electrons. The van der Waals surface area contributed by atoms with E-state index in [2.05, 4.69) is 10.4 Å². The van der Waals surface area contributed by atoms with Crippen LogP contribution in [0.3, 0.4) is 0 Å². The molecule has 2 aromatic rings. The Hall–Kier alpha value is -3.66. The Morgan fingerprint density at radius 2 is 1.72 bits per heavy atom.